The zero-order chi connectivity index (χ0) is 18.1. The van der Waals surface area contributed by atoms with Gasteiger partial charge >= 0.3 is 0 Å². The second-order valence-electron chi connectivity index (χ2n) is 6.83. The van der Waals surface area contributed by atoms with E-state index >= 15 is 0 Å². The van der Waals surface area contributed by atoms with Gasteiger partial charge in [0.1, 0.15) is 5.01 Å². The largest absolute Gasteiger partial charge is 0.325 e. The summed E-state index contributed by atoms with van der Waals surface area (Å²) in [6, 6.07) is 10.0. The Kier molecular flexibility index (Phi) is 4.55. The minimum atomic E-state index is 0.00343. The fourth-order valence-electron chi connectivity index (χ4n) is 3.45. The average molecular weight is 363 g/mol. The number of para-hydroxylation sites is 1. The summed E-state index contributed by atoms with van der Waals surface area (Å²) >= 11 is 1.69. The smallest absolute Gasteiger partial charge is 0.227 e. The van der Waals surface area contributed by atoms with Crippen molar-refractivity contribution in [2.75, 3.05) is 5.32 Å². The van der Waals surface area contributed by atoms with E-state index in [1.807, 2.05) is 50.4 Å². The number of carbonyl (C=O) groups excluding carboxylic acids is 1. The van der Waals surface area contributed by atoms with Crippen molar-refractivity contribution >= 4 is 22.9 Å². The average Bonchev–Trinajstić information content (AvgIpc) is 3.09. The fourth-order valence-corrected chi connectivity index (χ4v) is 4.63. The van der Waals surface area contributed by atoms with E-state index in [1.165, 1.54) is 4.88 Å². The lowest BCUT2D eigenvalue weighted by molar-refractivity contribution is -0.120. The van der Waals surface area contributed by atoms with Gasteiger partial charge in [-0.15, -0.1) is 11.3 Å². The van der Waals surface area contributed by atoms with Crippen LogP contribution in [0.15, 0.2) is 42.7 Å². The summed E-state index contributed by atoms with van der Waals surface area (Å²) < 4.78 is 0. The lowest BCUT2D eigenvalue weighted by Gasteiger charge is -2.21. The fraction of sp³-hybridized carbons (Fsp3) is 0.286. The van der Waals surface area contributed by atoms with Crippen LogP contribution in [-0.4, -0.2) is 15.9 Å². The molecule has 2 aromatic heterocycles. The minimum absolute atomic E-state index is 0.00343. The number of carbonyl (C=O) groups is 1. The van der Waals surface area contributed by atoms with Crippen LogP contribution in [0.3, 0.4) is 0 Å². The number of aryl methyl sites for hydroxylation is 3. The monoisotopic (exact) mass is 363 g/mol. The number of benzene rings is 1. The first kappa shape index (κ1) is 16.9. The van der Waals surface area contributed by atoms with Crippen LogP contribution in [0.25, 0.3) is 10.6 Å². The first-order valence-corrected chi connectivity index (χ1v) is 9.69. The first-order chi connectivity index (χ1) is 12.6. The Morgan fingerprint density at radius 2 is 2.00 bits per heavy atom. The summed E-state index contributed by atoms with van der Waals surface area (Å²) in [7, 11) is 0. The van der Waals surface area contributed by atoms with Crippen molar-refractivity contribution in [1.82, 2.24) is 9.97 Å². The highest BCUT2D eigenvalue weighted by molar-refractivity contribution is 7.15. The van der Waals surface area contributed by atoms with Crippen LogP contribution in [-0.2, 0) is 17.6 Å². The summed E-state index contributed by atoms with van der Waals surface area (Å²) in [5.74, 6) is 0.119. The second kappa shape index (κ2) is 7.00. The molecule has 0 saturated heterocycles. The lowest BCUT2D eigenvalue weighted by atomic mass is 9.90. The van der Waals surface area contributed by atoms with E-state index in [2.05, 4.69) is 10.3 Å². The van der Waals surface area contributed by atoms with Crippen molar-refractivity contribution in [2.45, 2.75) is 33.1 Å². The summed E-state index contributed by atoms with van der Waals surface area (Å²) in [5.41, 5.74) is 5.34. The van der Waals surface area contributed by atoms with Gasteiger partial charge in [0.15, 0.2) is 0 Å². The molecule has 1 aliphatic rings. The van der Waals surface area contributed by atoms with E-state index in [1.54, 1.807) is 17.5 Å². The van der Waals surface area contributed by atoms with Crippen LogP contribution in [0.5, 0.6) is 0 Å². The summed E-state index contributed by atoms with van der Waals surface area (Å²) in [5, 5.41) is 4.15. The van der Waals surface area contributed by atoms with Crippen molar-refractivity contribution in [2.24, 2.45) is 5.92 Å². The highest BCUT2D eigenvalue weighted by Crippen LogP contribution is 2.35. The molecule has 4 rings (SSSR count). The van der Waals surface area contributed by atoms with Gasteiger partial charge in [-0.25, -0.2) is 4.98 Å². The topological polar surface area (TPSA) is 54.9 Å². The van der Waals surface area contributed by atoms with Crippen LogP contribution in [0, 0.1) is 19.8 Å². The Hall–Kier alpha value is -2.53. The molecule has 1 N–H and O–H groups in total. The second-order valence-corrected chi connectivity index (χ2v) is 7.91. The van der Waals surface area contributed by atoms with Crippen LogP contribution < -0.4 is 5.32 Å². The van der Waals surface area contributed by atoms with E-state index in [0.29, 0.717) is 0 Å². The van der Waals surface area contributed by atoms with Gasteiger partial charge in [-0.3, -0.25) is 9.78 Å². The molecule has 1 amide bonds. The predicted octanol–water partition coefficient (Wildman–Crippen LogP) is 4.57. The molecule has 26 heavy (non-hydrogen) atoms. The van der Waals surface area contributed by atoms with E-state index in [-0.39, 0.29) is 11.8 Å². The molecule has 0 spiro atoms. The van der Waals surface area contributed by atoms with E-state index in [9.17, 15) is 4.79 Å². The number of amides is 1. The van der Waals surface area contributed by atoms with Crippen molar-refractivity contribution < 1.29 is 4.79 Å². The van der Waals surface area contributed by atoms with Gasteiger partial charge in [-0.05, 0) is 56.4 Å². The normalized spacial score (nSPS) is 16.2. The quantitative estimate of drug-likeness (QED) is 0.742. The van der Waals surface area contributed by atoms with Crippen LogP contribution in [0.1, 0.15) is 28.1 Å². The SMILES string of the molecule is Cc1cccc(C)c1NC(=O)C1CCc2nc(-c3cccnc3)sc2C1. The predicted molar refractivity (Wildman–Crippen MR) is 105 cm³/mol. The number of hydrogen-bond donors (Lipinski definition) is 1. The molecule has 1 aromatic carbocycles. The van der Waals surface area contributed by atoms with Gasteiger partial charge in [0.25, 0.3) is 0 Å². The van der Waals surface area contributed by atoms with Gasteiger partial charge in [0.05, 0.1) is 5.69 Å². The Morgan fingerprint density at radius 1 is 1.19 bits per heavy atom. The van der Waals surface area contributed by atoms with E-state index in [4.69, 9.17) is 4.98 Å². The number of rotatable bonds is 3. The van der Waals surface area contributed by atoms with Crippen LogP contribution >= 0.6 is 11.3 Å². The molecule has 1 unspecified atom stereocenters. The van der Waals surface area contributed by atoms with Gasteiger partial charge < -0.3 is 5.32 Å². The van der Waals surface area contributed by atoms with Crippen LogP contribution in [0.4, 0.5) is 5.69 Å². The number of fused-ring (bicyclic) bond motifs is 1. The minimum Gasteiger partial charge on any atom is -0.325 e. The van der Waals surface area contributed by atoms with Gasteiger partial charge in [-0.1, -0.05) is 18.2 Å². The molecule has 4 nitrogen and oxygen atoms in total. The molecule has 0 fully saturated rings. The Bertz CT molecular complexity index is 929. The summed E-state index contributed by atoms with van der Waals surface area (Å²) in [6.45, 7) is 4.07. The lowest BCUT2D eigenvalue weighted by Crippen LogP contribution is -2.28. The zero-order valence-corrected chi connectivity index (χ0v) is 15.8. The number of anilines is 1. The Morgan fingerprint density at radius 3 is 2.73 bits per heavy atom. The van der Waals surface area contributed by atoms with E-state index in [0.717, 1.165) is 52.3 Å². The molecule has 0 aliphatic heterocycles. The molecular formula is C21H21N3OS. The van der Waals surface area contributed by atoms with Gasteiger partial charge in [0, 0.05) is 34.4 Å². The third-order valence-corrected chi connectivity index (χ3v) is 6.12. The summed E-state index contributed by atoms with van der Waals surface area (Å²) in [4.78, 5) is 23.0. The number of aromatic nitrogens is 2. The van der Waals surface area contributed by atoms with Gasteiger partial charge in [-0.2, -0.15) is 0 Å². The number of hydrogen-bond acceptors (Lipinski definition) is 4. The first-order valence-electron chi connectivity index (χ1n) is 8.88. The number of thiazole rings is 1. The molecule has 0 bridgehead atoms. The standard InChI is InChI=1S/C21H21N3OS/c1-13-5-3-6-14(2)19(13)24-20(25)15-8-9-17-18(11-15)26-21(23-17)16-7-4-10-22-12-16/h3-7,10,12,15H,8-9,11H2,1-2H3,(H,24,25). The third kappa shape index (κ3) is 3.27. The Labute approximate surface area is 157 Å². The molecule has 132 valence electrons. The van der Waals surface area contributed by atoms with Crippen molar-refractivity contribution in [3.05, 3.63) is 64.4 Å². The summed E-state index contributed by atoms with van der Waals surface area (Å²) in [6.07, 6.45) is 6.08. The molecular weight excluding hydrogens is 342 g/mol. The molecule has 3 aromatic rings. The molecule has 1 atom stereocenters. The van der Waals surface area contributed by atoms with E-state index < -0.39 is 0 Å². The van der Waals surface area contributed by atoms with Gasteiger partial charge in [0.2, 0.25) is 5.91 Å². The molecule has 1 aliphatic carbocycles. The highest BCUT2D eigenvalue weighted by Gasteiger charge is 2.28. The maximum atomic E-state index is 12.8. The molecule has 5 heteroatoms. The van der Waals surface area contributed by atoms with Crippen molar-refractivity contribution in [3.63, 3.8) is 0 Å². The Balaban J connectivity index is 1.51. The maximum absolute atomic E-state index is 12.8. The third-order valence-electron chi connectivity index (χ3n) is 4.95. The van der Waals surface area contributed by atoms with Crippen molar-refractivity contribution in [1.29, 1.82) is 0 Å². The number of pyridine rings is 1. The number of nitrogens with zero attached hydrogens (tertiary/aromatic N) is 2. The maximum Gasteiger partial charge on any atom is 0.227 e. The highest BCUT2D eigenvalue weighted by atomic mass is 32.1. The van der Waals surface area contributed by atoms with Crippen LogP contribution in [0.2, 0.25) is 0 Å². The van der Waals surface area contributed by atoms with Crippen molar-refractivity contribution in [3.8, 4) is 10.6 Å². The molecule has 2 heterocycles. The molecule has 0 radical (unpaired) electrons. The zero-order valence-electron chi connectivity index (χ0n) is 15.0. The molecule has 0 saturated carbocycles. The number of nitrogens with one attached hydrogen (secondary N) is 1.